The zero-order chi connectivity index (χ0) is 11.3. The van der Waals surface area contributed by atoms with Crippen LogP contribution in [0.5, 0.6) is 0 Å². The van der Waals surface area contributed by atoms with Crippen LogP contribution in [0.3, 0.4) is 0 Å². The zero-order valence-electron chi connectivity index (χ0n) is 8.47. The van der Waals surface area contributed by atoms with Crippen LogP contribution < -0.4 is 0 Å². The lowest BCUT2D eigenvalue weighted by Gasteiger charge is -2.27. The van der Waals surface area contributed by atoms with E-state index in [0.29, 0.717) is 0 Å². The summed E-state index contributed by atoms with van der Waals surface area (Å²) in [6.07, 6.45) is -1.40. The molecule has 14 heavy (non-hydrogen) atoms. The minimum atomic E-state index is -1.05. The summed E-state index contributed by atoms with van der Waals surface area (Å²) < 4.78 is 0. The molecule has 0 spiro atoms. The lowest BCUT2D eigenvalue weighted by molar-refractivity contribution is -0.133. The molecule has 0 aliphatic heterocycles. The third-order valence-electron chi connectivity index (χ3n) is 1.93. The number of nitrogens with zero attached hydrogens (tertiary/aromatic N) is 1. The van der Waals surface area contributed by atoms with Gasteiger partial charge in [0.05, 0.1) is 0 Å². The maximum Gasteiger partial charge on any atom is 0.331 e. The first-order chi connectivity index (χ1) is 6.36. The van der Waals surface area contributed by atoms with E-state index < -0.39 is 18.4 Å². The van der Waals surface area contributed by atoms with Gasteiger partial charge in [-0.25, -0.2) is 4.79 Å². The van der Waals surface area contributed by atoms with Gasteiger partial charge in [0.2, 0.25) is 0 Å². The van der Waals surface area contributed by atoms with Gasteiger partial charge in [-0.15, -0.1) is 0 Å². The number of hydrogen-bond donors (Lipinski definition) is 3. The van der Waals surface area contributed by atoms with Crippen LogP contribution in [0.2, 0.25) is 0 Å². The fourth-order valence-electron chi connectivity index (χ4n) is 1.06. The molecule has 0 amide bonds. The van der Waals surface area contributed by atoms with Gasteiger partial charge in [-0.1, -0.05) is 6.58 Å². The van der Waals surface area contributed by atoms with Crippen molar-refractivity contribution >= 4 is 5.97 Å². The summed E-state index contributed by atoms with van der Waals surface area (Å²) in [6, 6.07) is 0. The van der Waals surface area contributed by atoms with Crippen LogP contribution in [0.15, 0.2) is 12.2 Å². The molecular formula is C9H17NO4. The van der Waals surface area contributed by atoms with E-state index in [9.17, 15) is 15.0 Å². The Morgan fingerprint density at radius 1 is 1.36 bits per heavy atom. The van der Waals surface area contributed by atoms with Crippen molar-refractivity contribution < 1.29 is 20.1 Å². The second-order valence-electron chi connectivity index (χ2n) is 3.16. The number of aliphatic carboxylic acids is 1. The number of aliphatic hydroxyl groups excluding tert-OH is 2. The van der Waals surface area contributed by atoms with Crippen molar-refractivity contribution in [1.82, 2.24) is 4.90 Å². The standard InChI is InChI=1S/C9H17NO4/c1-6(9(13)14)4-5-10(7(2)11)8(3)12/h7-8,11-12H,1,4-5H2,2-3H3,(H,13,14). The Morgan fingerprint density at radius 3 is 2.07 bits per heavy atom. The molecule has 5 heteroatoms. The minimum Gasteiger partial charge on any atom is -0.478 e. The number of carboxylic acid groups (broad SMARTS) is 1. The number of carboxylic acids is 1. The molecule has 0 saturated carbocycles. The van der Waals surface area contributed by atoms with Gasteiger partial charge in [-0.05, 0) is 20.3 Å². The molecule has 3 N–H and O–H groups in total. The van der Waals surface area contributed by atoms with Gasteiger partial charge < -0.3 is 15.3 Å². The van der Waals surface area contributed by atoms with Crippen molar-refractivity contribution in [3.05, 3.63) is 12.2 Å². The number of aliphatic hydroxyl groups is 2. The molecule has 0 saturated heterocycles. The molecule has 0 bridgehead atoms. The molecule has 0 aliphatic rings. The Labute approximate surface area is 83.3 Å². The molecule has 0 aliphatic carbocycles. The lowest BCUT2D eigenvalue weighted by Crippen LogP contribution is -2.41. The molecule has 0 aromatic carbocycles. The predicted octanol–water partition coefficient (Wildman–Crippen LogP) is -0.00410. The number of hydrogen-bond acceptors (Lipinski definition) is 4. The first kappa shape index (κ1) is 13.1. The lowest BCUT2D eigenvalue weighted by atomic mass is 10.2. The molecule has 5 nitrogen and oxygen atoms in total. The van der Waals surface area contributed by atoms with E-state index in [1.165, 1.54) is 18.7 Å². The Bertz CT molecular complexity index is 205. The van der Waals surface area contributed by atoms with Crippen LogP contribution in [0.4, 0.5) is 0 Å². The molecule has 0 aromatic rings. The molecule has 82 valence electrons. The van der Waals surface area contributed by atoms with Crippen LogP contribution in [0, 0.1) is 0 Å². The summed E-state index contributed by atoms with van der Waals surface area (Å²) in [4.78, 5) is 11.8. The summed E-state index contributed by atoms with van der Waals surface area (Å²) in [6.45, 7) is 6.64. The maximum absolute atomic E-state index is 10.4. The van der Waals surface area contributed by atoms with Crippen molar-refractivity contribution in [3.63, 3.8) is 0 Å². The van der Waals surface area contributed by atoms with E-state index in [1.54, 1.807) is 0 Å². The second-order valence-corrected chi connectivity index (χ2v) is 3.16. The molecule has 0 fully saturated rings. The van der Waals surface area contributed by atoms with E-state index in [-0.39, 0.29) is 18.5 Å². The molecular weight excluding hydrogens is 186 g/mol. The Morgan fingerprint density at radius 2 is 1.79 bits per heavy atom. The topological polar surface area (TPSA) is 81.0 Å². The maximum atomic E-state index is 10.4. The highest BCUT2D eigenvalue weighted by Gasteiger charge is 2.16. The second kappa shape index (κ2) is 5.74. The quantitative estimate of drug-likeness (QED) is 0.418. The van der Waals surface area contributed by atoms with Gasteiger partial charge in [-0.3, -0.25) is 4.90 Å². The van der Waals surface area contributed by atoms with Gasteiger partial charge in [0.1, 0.15) is 12.5 Å². The third-order valence-corrected chi connectivity index (χ3v) is 1.93. The molecule has 2 atom stereocenters. The van der Waals surface area contributed by atoms with Gasteiger partial charge in [0, 0.05) is 12.1 Å². The molecule has 2 unspecified atom stereocenters. The highest BCUT2D eigenvalue weighted by molar-refractivity contribution is 5.85. The summed E-state index contributed by atoms with van der Waals surface area (Å²) in [5.74, 6) is -1.05. The molecule has 0 radical (unpaired) electrons. The third kappa shape index (κ3) is 4.36. The van der Waals surface area contributed by atoms with Crippen molar-refractivity contribution in [2.45, 2.75) is 32.7 Å². The molecule has 0 aromatic heterocycles. The molecule has 0 rings (SSSR count). The van der Waals surface area contributed by atoms with E-state index in [1.807, 2.05) is 0 Å². The van der Waals surface area contributed by atoms with Gasteiger partial charge in [0.15, 0.2) is 0 Å². The summed E-state index contributed by atoms with van der Waals surface area (Å²) >= 11 is 0. The first-order valence-electron chi connectivity index (χ1n) is 4.39. The zero-order valence-corrected chi connectivity index (χ0v) is 8.47. The van der Waals surface area contributed by atoms with Crippen molar-refractivity contribution in [2.75, 3.05) is 6.54 Å². The average Bonchev–Trinajstić information content (AvgIpc) is 2.02. The SMILES string of the molecule is C=C(CCN(C(C)O)C(C)O)C(=O)O. The van der Waals surface area contributed by atoms with E-state index in [4.69, 9.17) is 5.11 Å². The van der Waals surface area contributed by atoms with Crippen molar-refractivity contribution in [2.24, 2.45) is 0 Å². The van der Waals surface area contributed by atoms with E-state index in [0.717, 1.165) is 0 Å². The Kier molecular flexibility index (Phi) is 5.37. The van der Waals surface area contributed by atoms with Crippen LogP contribution in [0.1, 0.15) is 20.3 Å². The predicted molar refractivity (Wildman–Crippen MR) is 51.5 cm³/mol. The van der Waals surface area contributed by atoms with Crippen molar-refractivity contribution in [3.8, 4) is 0 Å². The average molecular weight is 203 g/mol. The summed E-state index contributed by atoms with van der Waals surface area (Å²) in [5, 5.41) is 27.0. The van der Waals surface area contributed by atoms with Crippen LogP contribution in [-0.4, -0.2) is 45.2 Å². The van der Waals surface area contributed by atoms with E-state index in [2.05, 4.69) is 6.58 Å². The van der Waals surface area contributed by atoms with Gasteiger partial charge in [0.25, 0.3) is 0 Å². The van der Waals surface area contributed by atoms with Crippen molar-refractivity contribution in [1.29, 1.82) is 0 Å². The summed E-state index contributed by atoms with van der Waals surface area (Å²) in [5.41, 5.74) is 0.0660. The first-order valence-corrected chi connectivity index (χ1v) is 4.39. The largest absolute Gasteiger partial charge is 0.478 e. The van der Waals surface area contributed by atoms with Gasteiger partial charge in [-0.2, -0.15) is 0 Å². The van der Waals surface area contributed by atoms with Crippen LogP contribution in [-0.2, 0) is 4.79 Å². The Hall–Kier alpha value is -0.910. The van der Waals surface area contributed by atoms with Gasteiger partial charge >= 0.3 is 5.97 Å². The fourth-order valence-corrected chi connectivity index (χ4v) is 1.06. The van der Waals surface area contributed by atoms with Crippen LogP contribution >= 0.6 is 0 Å². The number of rotatable bonds is 6. The normalized spacial score (nSPS) is 15.2. The number of carbonyl (C=O) groups is 1. The smallest absolute Gasteiger partial charge is 0.331 e. The Balaban J connectivity index is 4.07. The van der Waals surface area contributed by atoms with E-state index >= 15 is 0 Å². The monoisotopic (exact) mass is 203 g/mol. The van der Waals surface area contributed by atoms with Crippen LogP contribution in [0.25, 0.3) is 0 Å². The summed E-state index contributed by atoms with van der Waals surface area (Å²) in [7, 11) is 0. The molecule has 0 heterocycles. The highest BCUT2D eigenvalue weighted by Crippen LogP contribution is 2.06. The fraction of sp³-hybridized carbons (Fsp3) is 0.667. The highest BCUT2D eigenvalue weighted by atomic mass is 16.4. The minimum absolute atomic E-state index is 0.0660.